The molecule has 0 spiro atoms. The zero-order chi connectivity index (χ0) is 13.2. The summed E-state index contributed by atoms with van der Waals surface area (Å²) in [5, 5.41) is 3.36. The van der Waals surface area contributed by atoms with Gasteiger partial charge in [-0.3, -0.25) is 0 Å². The fraction of sp³-hybridized carbons (Fsp3) is 0.750. The van der Waals surface area contributed by atoms with E-state index in [1.807, 2.05) is 13.1 Å². The van der Waals surface area contributed by atoms with E-state index >= 15 is 0 Å². The van der Waals surface area contributed by atoms with E-state index in [1.165, 1.54) is 56.9 Å². The summed E-state index contributed by atoms with van der Waals surface area (Å²) < 4.78 is 5.56. The van der Waals surface area contributed by atoms with Gasteiger partial charge < -0.3 is 9.73 Å². The van der Waals surface area contributed by atoms with Crippen LogP contribution in [-0.4, -0.2) is 7.05 Å². The maximum absolute atomic E-state index is 5.56. The van der Waals surface area contributed by atoms with Gasteiger partial charge in [-0.2, -0.15) is 0 Å². The summed E-state index contributed by atoms with van der Waals surface area (Å²) in [5.41, 5.74) is 1.26. The van der Waals surface area contributed by atoms with E-state index in [0.29, 0.717) is 6.04 Å². The van der Waals surface area contributed by atoms with Gasteiger partial charge in [0.05, 0.1) is 12.3 Å². The Hall–Kier alpha value is -0.760. The normalized spacial score (nSPS) is 12.8. The van der Waals surface area contributed by atoms with Crippen molar-refractivity contribution >= 4 is 0 Å². The summed E-state index contributed by atoms with van der Waals surface area (Å²) in [6.07, 6.45) is 12.5. The second-order valence-corrected chi connectivity index (χ2v) is 5.22. The summed E-state index contributed by atoms with van der Waals surface area (Å²) >= 11 is 0. The smallest absolute Gasteiger partial charge is 0.123 e. The lowest BCUT2D eigenvalue weighted by Gasteiger charge is -2.14. The number of furan rings is 1. The van der Waals surface area contributed by atoms with Gasteiger partial charge in [0, 0.05) is 0 Å². The molecule has 2 heteroatoms. The van der Waals surface area contributed by atoms with Crippen LogP contribution in [0.2, 0.25) is 0 Å². The molecule has 0 fully saturated rings. The molecule has 1 heterocycles. The van der Waals surface area contributed by atoms with Crippen molar-refractivity contribution in [3.63, 3.8) is 0 Å². The molecule has 0 bridgehead atoms. The fourth-order valence-electron chi connectivity index (χ4n) is 2.45. The first-order chi connectivity index (χ1) is 8.79. The molecule has 1 rings (SSSR count). The van der Waals surface area contributed by atoms with E-state index in [2.05, 4.69) is 19.2 Å². The van der Waals surface area contributed by atoms with Gasteiger partial charge in [0.2, 0.25) is 0 Å². The first kappa shape index (κ1) is 15.3. The number of hydrogen-bond donors (Lipinski definition) is 1. The Morgan fingerprint density at radius 1 is 1.11 bits per heavy atom. The molecule has 2 nitrogen and oxygen atoms in total. The zero-order valence-corrected chi connectivity index (χ0v) is 12.3. The third kappa shape index (κ3) is 5.26. The predicted molar refractivity (Wildman–Crippen MR) is 77.9 cm³/mol. The molecule has 1 unspecified atom stereocenters. The molecule has 0 amide bonds. The van der Waals surface area contributed by atoms with Gasteiger partial charge in [-0.25, -0.2) is 0 Å². The van der Waals surface area contributed by atoms with Crippen molar-refractivity contribution in [2.24, 2.45) is 0 Å². The second-order valence-electron chi connectivity index (χ2n) is 5.22. The Bertz CT molecular complexity index is 306. The fourth-order valence-corrected chi connectivity index (χ4v) is 2.45. The summed E-state index contributed by atoms with van der Waals surface area (Å²) in [6.45, 7) is 4.39. The summed E-state index contributed by atoms with van der Waals surface area (Å²) in [7, 11) is 2.02. The Morgan fingerprint density at radius 3 is 2.33 bits per heavy atom. The molecule has 0 saturated carbocycles. The number of nitrogens with one attached hydrogen (secondary N) is 1. The highest BCUT2D eigenvalue weighted by atomic mass is 16.3. The van der Waals surface area contributed by atoms with E-state index in [1.54, 1.807) is 6.26 Å². The highest BCUT2D eigenvalue weighted by Gasteiger charge is 2.14. The Balaban J connectivity index is 2.15. The predicted octanol–water partition coefficient (Wildman–Crippen LogP) is 4.99. The van der Waals surface area contributed by atoms with Gasteiger partial charge in [-0.15, -0.1) is 0 Å². The average molecular weight is 251 g/mol. The van der Waals surface area contributed by atoms with Gasteiger partial charge >= 0.3 is 0 Å². The van der Waals surface area contributed by atoms with Gasteiger partial charge in [0.25, 0.3) is 0 Å². The topological polar surface area (TPSA) is 25.2 Å². The molecule has 18 heavy (non-hydrogen) atoms. The van der Waals surface area contributed by atoms with Crippen LogP contribution < -0.4 is 5.32 Å². The van der Waals surface area contributed by atoms with E-state index < -0.39 is 0 Å². The third-order valence-corrected chi connectivity index (χ3v) is 3.66. The van der Waals surface area contributed by atoms with Crippen LogP contribution in [0.3, 0.4) is 0 Å². The maximum Gasteiger partial charge on any atom is 0.123 e. The van der Waals surface area contributed by atoms with E-state index in [-0.39, 0.29) is 0 Å². The quantitative estimate of drug-likeness (QED) is 0.593. The lowest BCUT2D eigenvalue weighted by Crippen LogP contribution is -2.16. The molecule has 0 aliphatic rings. The average Bonchev–Trinajstić information content (AvgIpc) is 2.79. The van der Waals surface area contributed by atoms with Gasteiger partial charge in [0.15, 0.2) is 0 Å². The van der Waals surface area contributed by atoms with E-state index in [0.717, 1.165) is 5.76 Å². The van der Waals surface area contributed by atoms with Crippen LogP contribution in [0, 0.1) is 6.92 Å². The van der Waals surface area contributed by atoms with Crippen LogP contribution >= 0.6 is 0 Å². The molecular weight excluding hydrogens is 222 g/mol. The molecule has 0 aromatic carbocycles. The van der Waals surface area contributed by atoms with Gasteiger partial charge in [-0.1, -0.05) is 51.9 Å². The van der Waals surface area contributed by atoms with Crippen molar-refractivity contribution in [2.45, 2.75) is 71.3 Å². The third-order valence-electron chi connectivity index (χ3n) is 3.66. The molecule has 0 saturated heterocycles. The highest BCUT2D eigenvalue weighted by Crippen LogP contribution is 2.23. The monoisotopic (exact) mass is 251 g/mol. The second kappa shape index (κ2) is 9.21. The van der Waals surface area contributed by atoms with E-state index in [4.69, 9.17) is 4.42 Å². The van der Waals surface area contributed by atoms with Gasteiger partial charge in [0.1, 0.15) is 5.76 Å². The van der Waals surface area contributed by atoms with Crippen LogP contribution in [-0.2, 0) is 0 Å². The minimum Gasteiger partial charge on any atom is -0.467 e. The molecule has 0 aliphatic carbocycles. The Kier molecular flexibility index (Phi) is 7.83. The molecule has 1 N–H and O–H groups in total. The zero-order valence-electron chi connectivity index (χ0n) is 12.3. The molecule has 104 valence electrons. The van der Waals surface area contributed by atoms with Crippen molar-refractivity contribution in [3.8, 4) is 0 Å². The number of rotatable bonds is 10. The summed E-state index contributed by atoms with van der Waals surface area (Å²) in [4.78, 5) is 0. The molecule has 1 aromatic rings. The van der Waals surface area contributed by atoms with E-state index in [9.17, 15) is 0 Å². The number of unbranched alkanes of at least 4 members (excludes halogenated alkanes) is 6. The van der Waals surface area contributed by atoms with Crippen molar-refractivity contribution in [1.82, 2.24) is 5.32 Å². The number of hydrogen-bond acceptors (Lipinski definition) is 2. The lowest BCUT2D eigenvalue weighted by atomic mass is 10.0. The van der Waals surface area contributed by atoms with Crippen LogP contribution in [0.1, 0.15) is 75.7 Å². The summed E-state index contributed by atoms with van der Waals surface area (Å²) in [5.74, 6) is 1.11. The van der Waals surface area contributed by atoms with Crippen molar-refractivity contribution in [1.29, 1.82) is 0 Å². The number of aryl methyl sites for hydroxylation is 1. The van der Waals surface area contributed by atoms with Crippen LogP contribution in [0.15, 0.2) is 16.7 Å². The van der Waals surface area contributed by atoms with Crippen molar-refractivity contribution < 1.29 is 4.42 Å². The molecule has 0 radical (unpaired) electrons. The molecular formula is C16H29NO. The lowest BCUT2D eigenvalue weighted by molar-refractivity contribution is 0.399. The SMILES string of the molecule is CCCCCCCCCC(NC)c1occc1C. The summed E-state index contributed by atoms with van der Waals surface area (Å²) in [6, 6.07) is 2.43. The minimum atomic E-state index is 0.385. The van der Waals surface area contributed by atoms with Gasteiger partial charge in [-0.05, 0) is 32.0 Å². The first-order valence-electron chi connectivity index (χ1n) is 7.50. The van der Waals surface area contributed by atoms with Crippen molar-refractivity contribution in [3.05, 3.63) is 23.7 Å². The van der Waals surface area contributed by atoms with Crippen LogP contribution in [0.4, 0.5) is 0 Å². The Labute approximate surface area is 112 Å². The minimum absolute atomic E-state index is 0.385. The van der Waals surface area contributed by atoms with Crippen LogP contribution in [0.25, 0.3) is 0 Å². The first-order valence-corrected chi connectivity index (χ1v) is 7.50. The van der Waals surface area contributed by atoms with Crippen molar-refractivity contribution in [2.75, 3.05) is 7.05 Å². The molecule has 0 aliphatic heterocycles. The highest BCUT2D eigenvalue weighted by molar-refractivity contribution is 5.17. The molecule has 1 atom stereocenters. The standard InChI is InChI=1S/C16H29NO/c1-4-5-6-7-8-9-10-11-15(17-3)16-14(2)12-13-18-16/h12-13,15,17H,4-11H2,1-3H3. The Morgan fingerprint density at radius 2 is 1.78 bits per heavy atom. The largest absolute Gasteiger partial charge is 0.467 e. The maximum atomic E-state index is 5.56. The van der Waals surface area contributed by atoms with Crippen LogP contribution in [0.5, 0.6) is 0 Å². The molecule has 1 aromatic heterocycles.